The largest absolute Gasteiger partial charge is 0.417 e. The summed E-state index contributed by atoms with van der Waals surface area (Å²) in [4.78, 5) is 0. The maximum atomic E-state index is 12.6. The van der Waals surface area contributed by atoms with E-state index in [9.17, 15) is 13.2 Å². The lowest BCUT2D eigenvalue weighted by molar-refractivity contribution is -0.138. The number of hydrogen-bond donors (Lipinski definition) is 1. The van der Waals surface area contributed by atoms with Gasteiger partial charge in [0.1, 0.15) is 0 Å². The number of nitrogens with one attached hydrogen (secondary N) is 1. The zero-order chi connectivity index (χ0) is 12.9. The highest BCUT2D eigenvalue weighted by Crippen LogP contribution is 2.36. The smallest absolute Gasteiger partial charge is 0.385 e. The molecule has 0 amide bonds. The molecule has 0 saturated carbocycles. The van der Waals surface area contributed by atoms with Crippen LogP contribution in [0.25, 0.3) is 0 Å². The van der Waals surface area contributed by atoms with Crippen molar-refractivity contribution in [1.82, 2.24) is 0 Å². The van der Waals surface area contributed by atoms with Gasteiger partial charge in [-0.15, -0.1) is 6.58 Å². The predicted molar refractivity (Wildman–Crippen MR) is 67.1 cm³/mol. The second-order valence-corrected chi connectivity index (χ2v) is 4.40. The minimum atomic E-state index is -4.34. The Balaban J connectivity index is 2.72. The van der Waals surface area contributed by atoms with E-state index in [-0.39, 0.29) is 4.47 Å². The van der Waals surface area contributed by atoms with E-state index in [2.05, 4.69) is 27.8 Å². The number of hydrogen-bond acceptors (Lipinski definition) is 1. The molecule has 0 saturated heterocycles. The maximum Gasteiger partial charge on any atom is 0.417 e. The SMILES string of the molecule is C=CCCCNc1ccc(Br)c(C(F)(F)F)c1. The fourth-order valence-corrected chi connectivity index (χ4v) is 1.80. The quantitative estimate of drug-likeness (QED) is 0.606. The molecule has 1 rings (SSSR count). The summed E-state index contributed by atoms with van der Waals surface area (Å²) in [6.45, 7) is 4.21. The highest BCUT2D eigenvalue weighted by Gasteiger charge is 2.33. The van der Waals surface area contributed by atoms with Gasteiger partial charge in [0.15, 0.2) is 0 Å². The summed E-state index contributed by atoms with van der Waals surface area (Å²) < 4.78 is 37.9. The molecular formula is C12H13BrF3N. The summed E-state index contributed by atoms with van der Waals surface area (Å²) in [6, 6.07) is 4.13. The molecule has 1 aromatic rings. The predicted octanol–water partition coefficient (Wildman–Crippen LogP) is 4.85. The number of unbranched alkanes of at least 4 members (excludes halogenated alkanes) is 1. The molecule has 0 spiro atoms. The van der Waals surface area contributed by atoms with Gasteiger partial charge < -0.3 is 5.32 Å². The molecule has 0 aliphatic rings. The molecule has 1 N–H and O–H groups in total. The van der Waals surface area contributed by atoms with E-state index < -0.39 is 11.7 Å². The molecule has 0 radical (unpaired) electrons. The zero-order valence-electron chi connectivity index (χ0n) is 9.15. The van der Waals surface area contributed by atoms with Gasteiger partial charge in [0.25, 0.3) is 0 Å². The van der Waals surface area contributed by atoms with Crippen LogP contribution < -0.4 is 5.32 Å². The van der Waals surface area contributed by atoms with Crippen LogP contribution in [0.1, 0.15) is 18.4 Å². The van der Waals surface area contributed by atoms with Crippen LogP contribution in [0.15, 0.2) is 35.3 Å². The van der Waals surface area contributed by atoms with Gasteiger partial charge >= 0.3 is 6.18 Å². The van der Waals surface area contributed by atoms with E-state index in [0.717, 1.165) is 18.9 Å². The molecule has 0 bridgehead atoms. The summed E-state index contributed by atoms with van der Waals surface area (Å²) in [6.07, 6.45) is -0.862. The molecule has 17 heavy (non-hydrogen) atoms. The van der Waals surface area contributed by atoms with E-state index in [1.165, 1.54) is 6.07 Å². The third-order valence-corrected chi connectivity index (χ3v) is 2.88. The number of alkyl halides is 3. The average molecular weight is 308 g/mol. The zero-order valence-corrected chi connectivity index (χ0v) is 10.7. The Morgan fingerprint density at radius 1 is 1.35 bits per heavy atom. The summed E-state index contributed by atoms with van der Waals surface area (Å²) in [7, 11) is 0. The Morgan fingerprint density at radius 3 is 2.65 bits per heavy atom. The minimum Gasteiger partial charge on any atom is -0.385 e. The lowest BCUT2D eigenvalue weighted by atomic mass is 10.2. The van der Waals surface area contributed by atoms with Crippen LogP contribution in [-0.2, 0) is 6.18 Å². The van der Waals surface area contributed by atoms with Gasteiger partial charge in [-0.05, 0) is 31.0 Å². The summed E-state index contributed by atoms with van der Waals surface area (Å²) in [5, 5.41) is 2.95. The van der Waals surface area contributed by atoms with E-state index in [0.29, 0.717) is 12.2 Å². The van der Waals surface area contributed by atoms with Crippen molar-refractivity contribution in [2.75, 3.05) is 11.9 Å². The van der Waals surface area contributed by atoms with Crippen LogP contribution in [0.2, 0.25) is 0 Å². The second kappa shape index (κ2) is 6.10. The fraction of sp³-hybridized carbons (Fsp3) is 0.333. The van der Waals surface area contributed by atoms with Crippen molar-refractivity contribution in [2.24, 2.45) is 0 Å². The van der Waals surface area contributed by atoms with Crippen molar-refractivity contribution in [3.05, 3.63) is 40.9 Å². The van der Waals surface area contributed by atoms with Gasteiger partial charge in [0.2, 0.25) is 0 Å². The van der Waals surface area contributed by atoms with Crippen LogP contribution in [0.3, 0.4) is 0 Å². The van der Waals surface area contributed by atoms with Crippen LogP contribution in [0.5, 0.6) is 0 Å². The van der Waals surface area contributed by atoms with Crippen molar-refractivity contribution in [2.45, 2.75) is 19.0 Å². The molecule has 94 valence electrons. The van der Waals surface area contributed by atoms with Crippen molar-refractivity contribution in [3.8, 4) is 0 Å². The van der Waals surface area contributed by atoms with Gasteiger partial charge in [-0.3, -0.25) is 0 Å². The Hall–Kier alpha value is -0.970. The van der Waals surface area contributed by atoms with Crippen LogP contribution in [0, 0.1) is 0 Å². The van der Waals surface area contributed by atoms with Crippen molar-refractivity contribution >= 4 is 21.6 Å². The van der Waals surface area contributed by atoms with Gasteiger partial charge in [0, 0.05) is 16.7 Å². The van der Waals surface area contributed by atoms with Crippen LogP contribution >= 0.6 is 15.9 Å². The Labute approximate surface area is 107 Å². The molecule has 0 aliphatic heterocycles. The Kier molecular flexibility index (Phi) is 5.05. The first kappa shape index (κ1) is 14.1. The minimum absolute atomic E-state index is 0.0571. The topological polar surface area (TPSA) is 12.0 Å². The van der Waals surface area contributed by atoms with Crippen molar-refractivity contribution in [3.63, 3.8) is 0 Å². The maximum absolute atomic E-state index is 12.6. The number of halogens is 4. The molecule has 1 nitrogen and oxygen atoms in total. The summed E-state index contributed by atoms with van der Waals surface area (Å²) in [5.41, 5.74) is -0.184. The Morgan fingerprint density at radius 2 is 2.06 bits per heavy atom. The number of allylic oxidation sites excluding steroid dienone is 1. The van der Waals surface area contributed by atoms with Gasteiger partial charge in [-0.2, -0.15) is 13.2 Å². The molecule has 0 aliphatic carbocycles. The first-order chi connectivity index (χ1) is 7.95. The lowest BCUT2D eigenvalue weighted by Gasteiger charge is -2.12. The summed E-state index contributed by atoms with van der Waals surface area (Å²) >= 11 is 2.90. The fourth-order valence-electron chi connectivity index (χ4n) is 1.33. The van der Waals surface area contributed by atoms with Crippen molar-refractivity contribution < 1.29 is 13.2 Å². The van der Waals surface area contributed by atoms with Gasteiger partial charge in [-0.25, -0.2) is 0 Å². The highest BCUT2D eigenvalue weighted by atomic mass is 79.9. The van der Waals surface area contributed by atoms with Gasteiger partial charge in [0.05, 0.1) is 5.56 Å². The molecule has 0 heterocycles. The average Bonchev–Trinajstić information content (AvgIpc) is 2.25. The molecule has 0 fully saturated rings. The molecule has 0 atom stereocenters. The molecule has 5 heteroatoms. The Bertz CT molecular complexity index is 388. The lowest BCUT2D eigenvalue weighted by Crippen LogP contribution is -2.08. The van der Waals surface area contributed by atoms with Gasteiger partial charge in [-0.1, -0.05) is 22.0 Å². The van der Waals surface area contributed by atoms with E-state index in [4.69, 9.17) is 0 Å². The normalized spacial score (nSPS) is 11.3. The third kappa shape index (κ3) is 4.42. The number of rotatable bonds is 5. The molecule has 1 aromatic carbocycles. The van der Waals surface area contributed by atoms with E-state index in [1.54, 1.807) is 12.1 Å². The van der Waals surface area contributed by atoms with E-state index in [1.807, 2.05) is 0 Å². The molecule has 0 aromatic heterocycles. The van der Waals surface area contributed by atoms with Crippen LogP contribution in [-0.4, -0.2) is 6.54 Å². The molecule has 0 unspecified atom stereocenters. The number of benzene rings is 1. The standard InChI is InChI=1S/C12H13BrF3N/c1-2-3-4-7-17-9-5-6-11(13)10(8-9)12(14,15)16/h2,5-6,8,17H,1,3-4,7H2. The van der Waals surface area contributed by atoms with E-state index >= 15 is 0 Å². The second-order valence-electron chi connectivity index (χ2n) is 3.55. The third-order valence-electron chi connectivity index (χ3n) is 2.19. The first-order valence-electron chi connectivity index (χ1n) is 5.16. The van der Waals surface area contributed by atoms with Crippen molar-refractivity contribution in [1.29, 1.82) is 0 Å². The van der Waals surface area contributed by atoms with Crippen LogP contribution in [0.4, 0.5) is 18.9 Å². The molecular weight excluding hydrogens is 295 g/mol. The first-order valence-corrected chi connectivity index (χ1v) is 5.96. The monoisotopic (exact) mass is 307 g/mol. The summed E-state index contributed by atoms with van der Waals surface area (Å²) in [5.74, 6) is 0. The highest BCUT2D eigenvalue weighted by molar-refractivity contribution is 9.10. The number of anilines is 1.